The van der Waals surface area contributed by atoms with Crippen LogP contribution in [-0.4, -0.2) is 92.3 Å². The normalized spacial score (nSPS) is 18.6. The van der Waals surface area contributed by atoms with E-state index in [-0.39, 0.29) is 6.79 Å². The summed E-state index contributed by atoms with van der Waals surface area (Å²) >= 11 is 5.69. The monoisotopic (exact) mass is 482 g/mol. The molecule has 3 aliphatic heterocycles. The minimum absolute atomic E-state index is 0.215. The van der Waals surface area contributed by atoms with Crippen LogP contribution >= 0.6 is 12.2 Å². The minimum atomic E-state index is 0.215. The Kier molecular flexibility index (Phi) is 7.13. The maximum atomic E-state index is 9.80. The SMILES string of the molecule is N#Cc1cc2cc3c(cc2nc1N1CCCN(C(=S)NCCCN2CCOCC2)CC1)OCO3. The molecule has 3 aliphatic rings. The standard InChI is InChI=1S/C24H30N6O3S/c25-16-19-13-18-14-21-22(33-17-32-21)15-20(18)27-23(19)29-5-2-6-30(8-7-29)24(34)26-3-1-4-28-9-11-31-12-10-28/h13-15H,1-12,17H2,(H,26,34). The van der Waals surface area contributed by atoms with Gasteiger partial charge in [0.15, 0.2) is 16.6 Å². The molecule has 0 aliphatic carbocycles. The van der Waals surface area contributed by atoms with E-state index in [0.29, 0.717) is 17.1 Å². The number of nitriles is 1. The first-order chi connectivity index (χ1) is 16.7. The number of aromatic nitrogens is 1. The van der Waals surface area contributed by atoms with Gasteiger partial charge in [-0.1, -0.05) is 0 Å². The molecule has 180 valence electrons. The molecule has 1 aromatic heterocycles. The van der Waals surface area contributed by atoms with E-state index in [4.69, 9.17) is 31.4 Å². The number of morpholine rings is 1. The Bertz CT molecular complexity index is 1080. The molecule has 5 rings (SSSR count). The van der Waals surface area contributed by atoms with Crippen LogP contribution in [0.2, 0.25) is 0 Å². The second-order valence-corrected chi connectivity index (χ2v) is 9.12. The first-order valence-corrected chi connectivity index (χ1v) is 12.3. The van der Waals surface area contributed by atoms with Crippen LogP contribution in [0.4, 0.5) is 5.82 Å². The molecule has 1 aromatic carbocycles. The van der Waals surface area contributed by atoms with Crippen molar-refractivity contribution in [3.63, 3.8) is 0 Å². The van der Waals surface area contributed by atoms with Gasteiger partial charge in [-0.25, -0.2) is 4.98 Å². The number of rotatable bonds is 5. The van der Waals surface area contributed by atoms with Crippen molar-refractivity contribution >= 4 is 34.1 Å². The second kappa shape index (κ2) is 10.6. The lowest BCUT2D eigenvalue weighted by Gasteiger charge is -2.27. The van der Waals surface area contributed by atoms with E-state index in [1.165, 1.54) is 0 Å². The Balaban J connectivity index is 1.19. The summed E-state index contributed by atoms with van der Waals surface area (Å²) in [5.41, 5.74) is 1.38. The summed E-state index contributed by atoms with van der Waals surface area (Å²) in [5, 5.41) is 14.9. The van der Waals surface area contributed by atoms with Crippen LogP contribution in [-0.2, 0) is 4.74 Å². The van der Waals surface area contributed by atoms with E-state index in [2.05, 4.69) is 26.1 Å². The first kappa shape index (κ1) is 22.9. The number of anilines is 1. The van der Waals surface area contributed by atoms with Crippen molar-refractivity contribution in [2.24, 2.45) is 0 Å². The highest BCUT2D eigenvalue weighted by Crippen LogP contribution is 2.37. The molecule has 34 heavy (non-hydrogen) atoms. The van der Waals surface area contributed by atoms with Crippen LogP contribution in [0.3, 0.4) is 0 Å². The molecule has 9 nitrogen and oxygen atoms in total. The average molecular weight is 483 g/mol. The number of hydrogen-bond acceptors (Lipinski definition) is 8. The van der Waals surface area contributed by atoms with Crippen LogP contribution in [0.15, 0.2) is 18.2 Å². The van der Waals surface area contributed by atoms with Crippen molar-refractivity contribution in [2.45, 2.75) is 12.8 Å². The fourth-order valence-electron chi connectivity index (χ4n) is 4.64. The van der Waals surface area contributed by atoms with Crippen molar-refractivity contribution in [1.82, 2.24) is 20.1 Å². The topological polar surface area (TPSA) is 86.1 Å². The molecule has 1 N–H and O–H groups in total. The number of nitrogens with one attached hydrogen (secondary N) is 1. The number of ether oxygens (including phenoxy) is 3. The number of benzene rings is 1. The van der Waals surface area contributed by atoms with E-state index < -0.39 is 0 Å². The Morgan fingerprint density at radius 3 is 2.71 bits per heavy atom. The van der Waals surface area contributed by atoms with Crippen molar-refractivity contribution in [3.05, 3.63) is 23.8 Å². The average Bonchev–Trinajstić information content (AvgIpc) is 3.18. The summed E-state index contributed by atoms with van der Waals surface area (Å²) in [6, 6.07) is 8.00. The van der Waals surface area contributed by atoms with Gasteiger partial charge in [-0.15, -0.1) is 0 Å². The zero-order valence-electron chi connectivity index (χ0n) is 19.3. The molecule has 0 bridgehead atoms. The quantitative estimate of drug-likeness (QED) is 0.504. The molecular formula is C24H30N6O3S. The number of pyridine rings is 1. The van der Waals surface area contributed by atoms with Gasteiger partial charge in [-0.2, -0.15) is 5.26 Å². The van der Waals surface area contributed by atoms with Crippen molar-refractivity contribution in [1.29, 1.82) is 5.26 Å². The molecule has 0 spiro atoms. The molecule has 10 heteroatoms. The molecule has 0 radical (unpaired) electrons. The largest absolute Gasteiger partial charge is 0.454 e. The predicted octanol–water partition coefficient (Wildman–Crippen LogP) is 1.94. The van der Waals surface area contributed by atoms with Crippen molar-refractivity contribution < 1.29 is 14.2 Å². The van der Waals surface area contributed by atoms with Crippen LogP contribution in [0, 0.1) is 11.3 Å². The summed E-state index contributed by atoms with van der Waals surface area (Å²) in [4.78, 5) is 11.7. The van der Waals surface area contributed by atoms with Gasteiger partial charge in [0.2, 0.25) is 6.79 Å². The van der Waals surface area contributed by atoms with Crippen LogP contribution in [0.25, 0.3) is 10.9 Å². The van der Waals surface area contributed by atoms with Gasteiger partial charge >= 0.3 is 0 Å². The third kappa shape index (κ3) is 5.12. The third-order valence-electron chi connectivity index (χ3n) is 6.52. The molecule has 2 saturated heterocycles. The zero-order chi connectivity index (χ0) is 23.3. The second-order valence-electron chi connectivity index (χ2n) is 8.74. The summed E-state index contributed by atoms with van der Waals surface area (Å²) in [6.45, 7) is 9.12. The lowest BCUT2D eigenvalue weighted by atomic mass is 10.1. The van der Waals surface area contributed by atoms with Crippen molar-refractivity contribution in [3.8, 4) is 17.6 Å². The smallest absolute Gasteiger partial charge is 0.231 e. The highest BCUT2D eigenvalue weighted by molar-refractivity contribution is 7.80. The lowest BCUT2D eigenvalue weighted by Crippen LogP contribution is -2.43. The molecule has 2 aromatic rings. The Hall–Kier alpha value is -2.87. The molecule has 0 saturated carbocycles. The molecule has 0 atom stereocenters. The fraction of sp³-hybridized carbons (Fsp3) is 0.542. The lowest BCUT2D eigenvalue weighted by molar-refractivity contribution is 0.0376. The van der Waals surface area contributed by atoms with E-state index in [9.17, 15) is 5.26 Å². The summed E-state index contributed by atoms with van der Waals surface area (Å²) in [5.74, 6) is 2.12. The van der Waals surface area contributed by atoms with Gasteiger partial charge in [-0.05, 0) is 43.7 Å². The molecule has 2 fully saturated rings. The summed E-state index contributed by atoms with van der Waals surface area (Å²) in [7, 11) is 0. The number of fused-ring (bicyclic) bond motifs is 2. The van der Waals surface area contributed by atoms with Gasteiger partial charge in [0.05, 0.1) is 24.3 Å². The van der Waals surface area contributed by atoms with E-state index in [1.807, 2.05) is 18.2 Å². The molecule has 4 heterocycles. The maximum Gasteiger partial charge on any atom is 0.231 e. The van der Waals surface area contributed by atoms with Crippen LogP contribution in [0.1, 0.15) is 18.4 Å². The number of hydrogen-bond donors (Lipinski definition) is 1. The Labute approximate surface area is 205 Å². The first-order valence-electron chi connectivity index (χ1n) is 11.9. The van der Waals surface area contributed by atoms with E-state index in [0.717, 1.165) is 100 Å². The number of thiocarbonyl (C=S) groups is 1. The van der Waals surface area contributed by atoms with Gasteiger partial charge in [0.1, 0.15) is 11.9 Å². The van der Waals surface area contributed by atoms with E-state index >= 15 is 0 Å². The summed E-state index contributed by atoms with van der Waals surface area (Å²) in [6.07, 6.45) is 2.01. The minimum Gasteiger partial charge on any atom is -0.454 e. The van der Waals surface area contributed by atoms with Crippen molar-refractivity contribution in [2.75, 3.05) is 77.3 Å². The highest BCUT2D eigenvalue weighted by Gasteiger charge is 2.22. The van der Waals surface area contributed by atoms with Gasteiger partial charge in [0, 0.05) is 57.3 Å². The molecular weight excluding hydrogens is 452 g/mol. The Morgan fingerprint density at radius 2 is 1.88 bits per heavy atom. The van der Waals surface area contributed by atoms with E-state index in [1.54, 1.807) is 0 Å². The Morgan fingerprint density at radius 1 is 1.06 bits per heavy atom. The highest BCUT2D eigenvalue weighted by atomic mass is 32.1. The third-order valence-corrected chi connectivity index (χ3v) is 6.93. The van der Waals surface area contributed by atoms with Crippen LogP contribution < -0.4 is 19.7 Å². The number of nitrogens with zero attached hydrogens (tertiary/aromatic N) is 5. The summed E-state index contributed by atoms with van der Waals surface area (Å²) < 4.78 is 16.4. The maximum absolute atomic E-state index is 9.80. The predicted molar refractivity (Wildman–Crippen MR) is 133 cm³/mol. The van der Waals surface area contributed by atoms with Gasteiger partial charge in [0.25, 0.3) is 0 Å². The van der Waals surface area contributed by atoms with Gasteiger partial charge in [-0.3, -0.25) is 4.90 Å². The molecule has 0 unspecified atom stereocenters. The molecule has 0 amide bonds. The fourth-order valence-corrected chi connectivity index (χ4v) is 4.93. The zero-order valence-corrected chi connectivity index (χ0v) is 20.1. The van der Waals surface area contributed by atoms with Gasteiger partial charge < -0.3 is 29.3 Å². The van der Waals surface area contributed by atoms with Crippen LogP contribution in [0.5, 0.6) is 11.5 Å².